The molecule has 0 radical (unpaired) electrons. The van der Waals surface area contributed by atoms with Gasteiger partial charge in [-0.05, 0) is 91.8 Å². The molecule has 1 N–H and O–H groups in total. The summed E-state index contributed by atoms with van der Waals surface area (Å²) in [7, 11) is 4.10. The molecule has 4 heterocycles. The second-order valence-electron chi connectivity index (χ2n) is 9.18. The van der Waals surface area contributed by atoms with Crippen LogP contribution >= 0.6 is 12.2 Å². The van der Waals surface area contributed by atoms with Gasteiger partial charge in [0.1, 0.15) is 0 Å². The number of hydrogen-bond donors (Lipinski definition) is 1. The van der Waals surface area contributed by atoms with Crippen molar-refractivity contribution in [1.29, 1.82) is 0 Å². The number of aryl methyl sites for hydroxylation is 1. The van der Waals surface area contributed by atoms with E-state index in [-0.39, 0.29) is 12.1 Å². The predicted molar refractivity (Wildman–Crippen MR) is 146 cm³/mol. The summed E-state index contributed by atoms with van der Waals surface area (Å²) in [4.78, 5) is 13.2. The fourth-order valence-corrected chi connectivity index (χ4v) is 5.25. The first-order valence-corrected chi connectivity index (χ1v) is 12.2. The summed E-state index contributed by atoms with van der Waals surface area (Å²) >= 11 is 5.91. The molecule has 1 fully saturated rings. The Labute approximate surface area is 212 Å². The molecule has 1 aliphatic heterocycles. The average Bonchev–Trinajstić information content (AvgIpc) is 3.36. The number of nitrogens with zero attached hydrogens (tertiary/aromatic N) is 5. The standard InChI is InChI=1S/C28H30N6S/c1-19-17-24(20(2)33(19)18-21-12-15-29-16-13-21)27-26(25-7-5-6-14-30-25)31-28(35)34(27)23-10-8-22(9-11-23)32(3)4/h5-17,26-27H,18H2,1-4H3,(H,31,35)/t26-,27-/m1/s1. The number of nitrogens with one attached hydrogen (secondary N) is 1. The van der Waals surface area contributed by atoms with Crippen LogP contribution in [0.3, 0.4) is 0 Å². The number of aromatic nitrogens is 3. The van der Waals surface area contributed by atoms with Crippen LogP contribution in [0.25, 0.3) is 0 Å². The molecule has 5 rings (SSSR count). The number of rotatable bonds is 6. The van der Waals surface area contributed by atoms with Crippen molar-refractivity contribution in [2.45, 2.75) is 32.5 Å². The molecule has 6 nitrogen and oxygen atoms in total. The summed E-state index contributed by atoms with van der Waals surface area (Å²) in [5.74, 6) is 0. The highest BCUT2D eigenvalue weighted by Crippen LogP contribution is 2.43. The van der Waals surface area contributed by atoms with Crippen molar-refractivity contribution in [2.24, 2.45) is 0 Å². The number of thiocarbonyl (C=S) groups is 1. The van der Waals surface area contributed by atoms with Crippen LogP contribution in [0.15, 0.2) is 79.3 Å². The second kappa shape index (κ2) is 9.50. The van der Waals surface area contributed by atoms with E-state index < -0.39 is 0 Å². The van der Waals surface area contributed by atoms with Gasteiger partial charge in [0, 0.05) is 62.0 Å². The van der Waals surface area contributed by atoms with Gasteiger partial charge in [0.05, 0.1) is 17.8 Å². The van der Waals surface area contributed by atoms with E-state index in [0.29, 0.717) is 5.11 Å². The zero-order chi connectivity index (χ0) is 24.5. The van der Waals surface area contributed by atoms with Crippen LogP contribution in [-0.2, 0) is 6.54 Å². The van der Waals surface area contributed by atoms with Gasteiger partial charge in [0.25, 0.3) is 0 Å². The lowest BCUT2D eigenvalue weighted by Crippen LogP contribution is -2.29. The zero-order valence-corrected chi connectivity index (χ0v) is 21.3. The minimum Gasteiger partial charge on any atom is -0.378 e. The summed E-state index contributed by atoms with van der Waals surface area (Å²) < 4.78 is 2.37. The number of benzene rings is 1. The third kappa shape index (κ3) is 4.39. The van der Waals surface area contributed by atoms with Crippen molar-refractivity contribution in [3.63, 3.8) is 0 Å². The molecule has 0 bridgehead atoms. The molecule has 4 aromatic rings. The number of pyridine rings is 2. The van der Waals surface area contributed by atoms with Crippen LogP contribution in [0.2, 0.25) is 0 Å². The minimum atomic E-state index is -0.0629. The Morgan fingerprint density at radius 1 is 0.971 bits per heavy atom. The number of hydrogen-bond acceptors (Lipinski definition) is 4. The Kier molecular flexibility index (Phi) is 6.26. The molecule has 178 valence electrons. The lowest BCUT2D eigenvalue weighted by Gasteiger charge is -2.28. The number of anilines is 2. The van der Waals surface area contributed by atoms with Gasteiger partial charge in [-0.3, -0.25) is 9.97 Å². The monoisotopic (exact) mass is 482 g/mol. The first kappa shape index (κ1) is 23.1. The SMILES string of the molecule is Cc1cc([C@@H]2[C@@H](c3ccccn3)NC(=S)N2c2ccc(N(C)C)cc2)c(C)n1Cc1ccncc1. The molecule has 0 amide bonds. The van der Waals surface area contributed by atoms with Crippen molar-refractivity contribution in [1.82, 2.24) is 19.9 Å². The summed E-state index contributed by atoms with van der Waals surface area (Å²) in [5, 5.41) is 4.29. The summed E-state index contributed by atoms with van der Waals surface area (Å²) in [6, 6.07) is 21.0. The molecule has 0 aliphatic carbocycles. The van der Waals surface area contributed by atoms with Gasteiger partial charge in [0.15, 0.2) is 5.11 Å². The molecule has 35 heavy (non-hydrogen) atoms. The van der Waals surface area contributed by atoms with Crippen molar-refractivity contribution in [3.05, 3.63) is 107 Å². The third-order valence-electron chi connectivity index (χ3n) is 6.76. The van der Waals surface area contributed by atoms with Crippen LogP contribution < -0.4 is 15.1 Å². The Morgan fingerprint density at radius 3 is 2.37 bits per heavy atom. The van der Waals surface area contributed by atoms with E-state index in [2.05, 4.69) is 101 Å². The first-order chi connectivity index (χ1) is 16.9. The maximum Gasteiger partial charge on any atom is 0.174 e. The van der Waals surface area contributed by atoms with E-state index in [1.54, 1.807) is 0 Å². The van der Waals surface area contributed by atoms with Crippen LogP contribution in [0, 0.1) is 13.8 Å². The third-order valence-corrected chi connectivity index (χ3v) is 7.08. The minimum absolute atomic E-state index is 0.0278. The molecule has 7 heteroatoms. The summed E-state index contributed by atoms with van der Waals surface area (Å²) in [6.07, 6.45) is 5.54. The summed E-state index contributed by atoms with van der Waals surface area (Å²) in [5.41, 5.74) is 8.12. The van der Waals surface area contributed by atoms with Gasteiger partial charge >= 0.3 is 0 Å². The van der Waals surface area contributed by atoms with E-state index in [1.807, 2.05) is 30.7 Å². The maximum atomic E-state index is 5.91. The van der Waals surface area contributed by atoms with Crippen LogP contribution in [0.1, 0.15) is 40.3 Å². The molecule has 1 aromatic carbocycles. The van der Waals surface area contributed by atoms with Crippen LogP contribution in [0.5, 0.6) is 0 Å². The lowest BCUT2D eigenvalue weighted by molar-refractivity contribution is 0.563. The lowest BCUT2D eigenvalue weighted by atomic mass is 9.96. The highest BCUT2D eigenvalue weighted by atomic mass is 32.1. The average molecular weight is 483 g/mol. The van der Waals surface area contributed by atoms with Crippen LogP contribution in [-0.4, -0.2) is 33.7 Å². The van der Waals surface area contributed by atoms with Crippen molar-refractivity contribution in [3.8, 4) is 0 Å². The fraction of sp³-hybridized carbons (Fsp3) is 0.250. The molecule has 1 aliphatic rings. The molecule has 2 atom stereocenters. The van der Waals surface area contributed by atoms with Gasteiger partial charge < -0.3 is 19.7 Å². The van der Waals surface area contributed by atoms with E-state index in [9.17, 15) is 0 Å². The van der Waals surface area contributed by atoms with Gasteiger partial charge in [-0.1, -0.05) is 6.07 Å². The Bertz CT molecular complexity index is 1320. The molecule has 0 unspecified atom stereocenters. The van der Waals surface area contributed by atoms with E-state index in [0.717, 1.165) is 23.6 Å². The Hall–Kier alpha value is -3.71. The molecular weight excluding hydrogens is 452 g/mol. The molecule has 0 saturated carbocycles. The van der Waals surface area contributed by atoms with E-state index in [4.69, 9.17) is 17.2 Å². The largest absolute Gasteiger partial charge is 0.378 e. The van der Waals surface area contributed by atoms with Crippen LogP contribution in [0.4, 0.5) is 11.4 Å². The van der Waals surface area contributed by atoms with Crippen molar-refractivity contribution in [2.75, 3.05) is 23.9 Å². The fourth-order valence-electron chi connectivity index (χ4n) is 4.90. The molecule has 3 aromatic heterocycles. The summed E-state index contributed by atoms with van der Waals surface area (Å²) in [6.45, 7) is 5.18. The topological polar surface area (TPSA) is 49.2 Å². The maximum absolute atomic E-state index is 5.91. The van der Waals surface area contributed by atoms with Crippen molar-refractivity contribution >= 4 is 28.7 Å². The Balaban J connectivity index is 1.60. The molecular formula is C28H30N6S. The normalized spacial score (nSPS) is 17.5. The zero-order valence-electron chi connectivity index (χ0n) is 20.5. The van der Waals surface area contributed by atoms with Crippen molar-refractivity contribution < 1.29 is 0 Å². The van der Waals surface area contributed by atoms with Gasteiger partial charge in [-0.15, -0.1) is 0 Å². The van der Waals surface area contributed by atoms with Gasteiger partial charge in [-0.2, -0.15) is 0 Å². The van der Waals surface area contributed by atoms with E-state index >= 15 is 0 Å². The van der Waals surface area contributed by atoms with E-state index in [1.165, 1.54) is 22.5 Å². The first-order valence-electron chi connectivity index (χ1n) is 11.8. The highest BCUT2D eigenvalue weighted by molar-refractivity contribution is 7.80. The second-order valence-corrected chi connectivity index (χ2v) is 9.56. The predicted octanol–water partition coefficient (Wildman–Crippen LogP) is 5.19. The molecule has 1 saturated heterocycles. The Morgan fingerprint density at radius 2 is 1.71 bits per heavy atom. The highest BCUT2D eigenvalue weighted by Gasteiger charge is 2.42. The van der Waals surface area contributed by atoms with Gasteiger partial charge in [0.2, 0.25) is 0 Å². The molecule has 0 spiro atoms. The van der Waals surface area contributed by atoms with Gasteiger partial charge in [-0.25, -0.2) is 0 Å². The smallest absolute Gasteiger partial charge is 0.174 e. The quantitative estimate of drug-likeness (QED) is 0.382.